The van der Waals surface area contributed by atoms with Gasteiger partial charge < -0.3 is 16.3 Å². The molecule has 3 heteroatoms. The summed E-state index contributed by atoms with van der Waals surface area (Å²) in [6.07, 6.45) is 14.1. The number of aldehydes is 1. The lowest BCUT2D eigenvalue weighted by Gasteiger charge is -2.66. The molecule has 29 heavy (non-hydrogen) atoms. The monoisotopic (exact) mass is 408 g/mol. The second-order valence-electron chi connectivity index (χ2n) is 10.3. The molecule has 0 radical (unpaired) electrons. The first-order valence-electron chi connectivity index (χ1n) is 12.2. The third-order valence-electron chi connectivity index (χ3n) is 9.72. The Morgan fingerprint density at radius 1 is 0.966 bits per heavy atom. The van der Waals surface area contributed by atoms with Crippen LogP contribution in [0.15, 0.2) is 0 Å². The molecule has 8 atom stereocenters. The van der Waals surface area contributed by atoms with Crippen molar-refractivity contribution in [3.8, 4) is 0 Å². The fraction of sp³-hybridized carbons (Fsp3) is 0.962. The summed E-state index contributed by atoms with van der Waals surface area (Å²) < 4.78 is 0. The maximum atomic E-state index is 11.7. The summed E-state index contributed by atoms with van der Waals surface area (Å²) in [5.74, 6) is 3.33. The van der Waals surface area contributed by atoms with E-state index in [1.165, 1.54) is 71.1 Å². The van der Waals surface area contributed by atoms with Crippen LogP contribution in [0.1, 0.15) is 106 Å². The average Bonchev–Trinajstić information content (AvgIpc) is 3.08. The van der Waals surface area contributed by atoms with E-state index in [4.69, 9.17) is 5.73 Å². The molecular weight excluding hydrogens is 356 g/mol. The normalized spacial score (nSPS) is 47.5. The van der Waals surface area contributed by atoms with Gasteiger partial charge in [0.25, 0.3) is 0 Å². The highest BCUT2D eigenvalue weighted by atomic mass is 16.1. The van der Waals surface area contributed by atoms with Crippen LogP contribution in [0.2, 0.25) is 0 Å². The van der Waals surface area contributed by atoms with Crippen LogP contribution in [-0.2, 0) is 4.79 Å². The first-order valence-corrected chi connectivity index (χ1v) is 12.2. The zero-order valence-electron chi connectivity index (χ0n) is 19.6. The van der Waals surface area contributed by atoms with Gasteiger partial charge in [0.05, 0.1) is 0 Å². The van der Waals surface area contributed by atoms with Gasteiger partial charge in [0.2, 0.25) is 0 Å². The quantitative estimate of drug-likeness (QED) is 0.535. The number of nitrogens with two attached hydrogens (primary N) is 2. The highest BCUT2D eigenvalue weighted by Gasteiger charge is 2.66. The van der Waals surface area contributed by atoms with Gasteiger partial charge in [-0.05, 0) is 99.3 Å². The maximum absolute atomic E-state index is 11.7. The van der Waals surface area contributed by atoms with E-state index >= 15 is 0 Å². The van der Waals surface area contributed by atoms with Gasteiger partial charge in [0.1, 0.15) is 6.29 Å². The lowest BCUT2D eigenvalue weighted by atomic mass is 9.40. The van der Waals surface area contributed by atoms with Gasteiger partial charge in [-0.15, -0.1) is 0 Å². The molecule has 4 rings (SSSR count). The van der Waals surface area contributed by atoms with Gasteiger partial charge >= 0.3 is 0 Å². The summed E-state index contributed by atoms with van der Waals surface area (Å²) in [7, 11) is 1.50. The molecule has 4 aliphatic carbocycles. The van der Waals surface area contributed by atoms with E-state index in [2.05, 4.69) is 26.5 Å². The Hall–Kier alpha value is -0.410. The largest absolute Gasteiger partial charge is 0.333 e. The van der Waals surface area contributed by atoms with Crippen molar-refractivity contribution in [3.63, 3.8) is 0 Å². The first-order chi connectivity index (χ1) is 13.4. The van der Waals surface area contributed by atoms with E-state index in [1.54, 1.807) is 0 Å². The van der Waals surface area contributed by atoms with Gasteiger partial charge in [-0.25, -0.2) is 0 Å². The zero-order valence-corrected chi connectivity index (χ0v) is 19.6. The Morgan fingerprint density at radius 3 is 2.21 bits per heavy atom. The Labute approximate surface area is 182 Å². The Kier molecular flexibility index (Phi) is 9.43. The summed E-state index contributed by atoms with van der Waals surface area (Å²) in [5.41, 5.74) is 12.5. The predicted octanol–water partition coefficient (Wildman–Crippen LogP) is 6.19. The second kappa shape index (κ2) is 10.3. The summed E-state index contributed by atoms with van der Waals surface area (Å²) in [5, 5.41) is 0. The van der Waals surface area contributed by atoms with Crippen molar-refractivity contribution in [2.75, 3.05) is 7.05 Å². The molecule has 8 unspecified atom stereocenters. The van der Waals surface area contributed by atoms with Crippen LogP contribution in [0, 0.1) is 40.4 Å². The molecule has 0 aromatic carbocycles. The van der Waals surface area contributed by atoms with Crippen LogP contribution in [0.3, 0.4) is 0 Å². The third-order valence-corrected chi connectivity index (χ3v) is 9.72. The lowest BCUT2D eigenvalue weighted by Crippen LogP contribution is -2.68. The molecule has 172 valence electrons. The molecule has 3 nitrogen and oxygen atoms in total. The van der Waals surface area contributed by atoms with Crippen molar-refractivity contribution in [3.05, 3.63) is 0 Å². The summed E-state index contributed by atoms with van der Waals surface area (Å²) >= 11 is 0. The van der Waals surface area contributed by atoms with E-state index in [-0.39, 0.29) is 24.3 Å². The Balaban J connectivity index is 0.000000794. The molecule has 0 aromatic heterocycles. The van der Waals surface area contributed by atoms with Crippen molar-refractivity contribution < 1.29 is 4.79 Å². The Bertz CT molecular complexity index is 523. The molecule has 0 heterocycles. The second-order valence-corrected chi connectivity index (χ2v) is 10.3. The van der Waals surface area contributed by atoms with E-state index in [1.807, 2.05) is 13.8 Å². The molecule has 4 N–H and O–H groups in total. The lowest BCUT2D eigenvalue weighted by molar-refractivity contribution is -0.144. The highest BCUT2D eigenvalue weighted by molar-refractivity contribution is 5.56. The fourth-order valence-electron chi connectivity index (χ4n) is 8.43. The molecule has 0 bridgehead atoms. The van der Waals surface area contributed by atoms with Crippen LogP contribution in [0.25, 0.3) is 0 Å². The minimum atomic E-state index is -0.00213. The number of fused-ring (bicyclic) bond motifs is 5. The zero-order chi connectivity index (χ0) is 21.2. The predicted molar refractivity (Wildman–Crippen MR) is 127 cm³/mol. The molecule has 0 saturated heterocycles. The van der Waals surface area contributed by atoms with E-state index < -0.39 is 0 Å². The summed E-state index contributed by atoms with van der Waals surface area (Å²) in [6, 6.07) is 0. The van der Waals surface area contributed by atoms with E-state index in [0.29, 0.717) is 17.3 Å². The van der Waals surface area contributed by atoms with Gasteiger partial charge in [0.15, 0.2) is 0 Å². The smallest absolute Gasteiger partial charge is 0.123 e. The maximum Gasteiger partial charge on any atom is 0.123 e. The molecule has 4 aliphatic rings. The van der Waals surface area contributed by atoms with E-state index in [0.717, 1.165) is 18.3 Å². The first kappa shape index (κ1) is 26.6. The van der Waals surface area contributed by atoms with Crippen LogP contribution >= 0.6 is 0 Å². The van der Waals surface area contributed by atoms with E-state index in [9.17, 15) is 4.79 Å². The van der Waals surface area contributed by atoms with Crippen LogP contribution < -0.4 is 11.5 Å². The minimum absolute atomic E-state index is 0. The van der Waals surface area contributed by atoms with Crippen molar-refractivity contribution >= 4 is 6.29 Å². The van der Waals surface area contributed by atoms with Gasteiger partial charge in [-0.1, -0.05) is 48.5 Å². The molecule has 4 fully saturated rings. The average molecular weight is 409 g/mol. The summed E-state index contributed by atoms with van der Waals surface area (Å²) in [6.45, 7) is 11.3. The van der Waals surface area contributed by atoms with Gasteiger partial charge in [-0.3, -0.25) is 0 Å². The number of carbonyl (C=O) groups is 1. The molecule has 0 spiro atoms. The standard InChI is InChI=1S/C22H37NO.C2H6.CH5N.CH4/c1-4-21-11-7-15(2)13-16(21)8-12-22(23)18-6-5-17(14-24)20(18,3)10-9-19(21)22;2*1-2;/h14-19H,4-13,23H2,1-3H3;1-2H3;2H2,1H3;1H4. The molecule has 0 aromatic rings. The summed E-state index contributed by atoms with van der Waals surface area (Å²) in [4.78, 5) is 11.7. The SMILES string of the molecule is C.CC.CCC12CCC(C)CC1CCC1(N)C3CCC(C=O)C3(C)CCC12.CN. The topological polar surface area (TPSA) is 69.1 Å². The van der Waals surface area contributed by atoms with Crippen molar-refractivity contribution in [2.24, 2.45) is 51.9 Å². The van der Waals surface area contributed by atoms with Gasteiger partial charge in [-0.2, -0.15) is 0 Å². The minimum Gasteiger partial charge on any atom is -0.333 e. The number of hydrogen-bond acceptors (Lipinski definition) is 3. The number of rotatable bonds is 2. The van der Waals surface area contributed by atoms with Crippen LogP contribution in [0.4, 0.5) is 0 Å². The highest BCUT2D eigenvalue weighted by Crippen LogP contribution is 2.69. The molecule has 4 saturated carbocycles. The number of carbonyl (C=O) groups excluding carboxylic acids is 1. The number of hydrogen-bond donors (Lipinski definition) is 2. The Morgan fingerprint density at radius 2 is 1.62 bits per heavy atom. The van der Waals surface area contributed by atoms with Crippen LogP contribution in [0.5, 0.6) is 0 Å². The van der Waals surface area contributed by atoms with Crippen molar-refractivity contribution in [1.82, 2.24) is 0 Å². The fourth-order valence-corrected chi connectivity index (χ4v) is 8.43. The van der Waals surface area contributed by atoms with Crippen molar-refractivity contribution in [2.45, 2.75) is 112 Å². The molecule has 0 aliphatic heterocycles. The molecule has 0 amide bonds. The van der Waals surface area contributed by atoms with Crippen LogP contribution in [-0.4, -0.2) is 18.9 Å². The third kappa shape index (κ3) is 3.95. The van der Waals surface area contributed by atoms with Crippen molar-refractivity contribution in [1.29, 1.82) is 0 Å². The van der Waals surface area contributed by atoms with Gasteiger partial charge in [0, 0.05) is 11.5 Å². The molecular formula is C26H52N2O.